The molecule has 1 heterocycles. The van der Waals surface area contributed by atoms with Crippen molar-refractivity contribution >= 4 is 17.9 Å². The van der Waals surface area contributed by atoms with Crippen LogP contribution in [0.4, 0.5) is 4.39 Å². The lowest BCUT2D eigenvalue weighted by Crippen LogP contribution is -1.95. The average Bonchev–Trinajstić information content (AvgIpc) is 2.37. The van der Waals surface area contributed by atoms with Gasteiger partial charge in [-0.25, -0.2) is 9.37 Å². The van der Waals surface area contributed by atoms with Gasteiger partial charge in [0.2, 0.25) is 5.88 Å². The zero-order valence-corrected chi connectivity index (χ0v) is 10.2. The lowest BCUT2D eigenvalue weighted by molar-refractivity contribution is 0.112. The molecule has 92 valence electrons. The second-order valence-electron chi connectivity index (χ2n) is 3.66. The molecular weight excluding hydrogens is 257 g/mol. The number of aldehydes is 1. The number of benzene rings is 1. The Morgan fingerprint density at radius 2 is 2.22 bits per heavy atom. The summed E-state index contributed by atoms with van der Waals surface area (Å²) in [6.45, 7) is 1.72. The highest BCUT2D eigenvalue weighted by Crippen LogP contribution is 2.29. The van der Waals surface area contributed by atoms with E-state index in [4.69, 9.17) is 16.3 Å². The molecule has 0 amide bonds. The van der Waals surface area contributed by atoms with Gasteiger partial charge in [0.05, 0.1) is 5.02 Å². The third kappa shape index (κ3) is 2.49. The van der Waals surface area contributed by atoms with Crippen LogP contribution in [0, 0.1) is 12.7 Å². The van der Waals surface area contributed by atoms with Crippen molar-refractivity contribution < 1.29 is 13.9 Å². The first-order chi connectivity index (χ1) is 8.61. The minimum atomic E-state index is -0.639. The van der Waals surface area contributed by atoms with Crippen molar-refractivity contribution in [2.75, 3.05) is 0 Å². The van der Waals surface area contributed by atoms with Gasteiger partial charge in [0, 0.05) is 17.3 Å². The molecule has 0 fully saturated rings. The van der Waals surface area contributed by atoms with E-state index >= 15 is 0 Å². The number of carbonyl (C=O) groups is 1. The largest absolute Gasteiger partial charge is 0.436 e. The van der Waals surface area contributed by atoms with E-state index in [9.17, 15) is 9.18 Å². The van der Waals surface area contributed by atoms with Crippen molar-refractivity contribution in [2.45, 2.75) is 6.92 Å². The highest BCUT2D eigenvalue weighted by molar-refractivity contribution is 6.30. The molecule has 18 heavy (non-hydrogen) atoms. The van der Waals surface area contributed by atoms with Gasteiger partial charge in [0.1, 0.15) is 0 Å². The first kappa shape index (κ1) is 12.5. The zero-order chi connectivity index (χ0) is 13.1. The van der Waals surface area contributed by atoms with Gasteiger partial charge in [-0.05, 0) is 25.1 Å². The lowest BCUT2D eigenvalue weighted by atomic mass is 10.2. The Kier molecular flexibility index (Phi) is 3.58. The average molecular weight is 266 g/mol. The van der Waals surface area contributed by atoms with Crippen molar-refractivity contribution in [1.29, 1.82) is 0 Å². The molecule has 1 aromatic heterocycles. The Morgan fingerprint density at radius 3 is 2.89 bits per heavy atom. The molecule has 2 aromatic rings. The van der Waals surface area contributed by atoms with Crippen LogP contribution in [-0.2, 0) is 0 Å². The molecule has 0 aliphatic rings. The number of rotatable bonds is 3. The van der Waals surface area contributed by atoms with Crippen molar-refractivity contribution in [2.24, 2.45) is 0 Å². The summed E-state index contributed by atoms with van der Waals surface area (Å²) in [7, 11) is 0. The van der Waals surface area contributed by atoms with E-state index in [-0.39, 0.29) is 16.7 Å². The minimum absolute atomic E-state index is 0.00282. The molecule has 0 unspecified atom stereocenters. The lowest BCUT2D eigenvalue weighted by Gasteiger charge is -2.08. The normalized spacial score (nSPS) is 10.2. The van der Waals surface area contributed by atoms with E-state index in [1.807, 2.05) is 0 Å². The number of carbonyl (C=O) groups excluding carboxylic acids is 1. The van der Waals surface area contributed by atoms with Crippen molar-refractivity contribution in [1.82, 2.24) is 4.98 Å². The van der Waals surface area contributed by atoms with Crippen molar-refractivity contribution in [3.63, 3.8) is 0 Å². The second-order valence-corrected chi connectivity index (χ2v) is 4.07. The molecule has 0 aliphatic carbocycles. The van der Waals surface area contributed by atoms with Crippen LogP contribution in [0.5, 0.6) is 11.6 Å². The van der Waals surface area contributed by atoms with E-state index < -0.39 is 5.82 Å². The molecule has 0 radical (unpaired) electrons. The Morgan fingerprint density at radius 1 is 1.44 bits per heavy atom. The summed E-state index contributed by atoms with van der Waals surface area (Å²) in [6.07, 6.45) is 2.04. The van der Waals surface area contributed by atoms with Crippen LogP contribution >= 0.6 is 11.6 Å². The Bertz CT molecular complexity index is 602. The molecule has 2 rings (SSSR count). The predicted octanol–water partition coefficient (Wildman–Crippen LogP) is 3.79. The van der Waals surface area contributed by atoms with Crippen molar-refractivity contribution in [3.8, 4) is 11.6 Å². The summed E-state index contributed by atoms with van der Waals surface area (Å²) in [5, 5.41) is -0.0188. The molecule has 0 spiro atoms. The highest BCUT2D eigenvalue weighted by atomic mass is 35.5. The van der Waals surface area contributed by atoms with Gasteiger partial charge in [0.25, 0.3) is 0 Å². The van der Waals surface area contributed by atoms with E-state index in [2.05, 4.69) is 4.98 Å². The van der Waals surface area contributed by atoms with E-state index in [1.54, 1.807) is 19.1 Å². The summed E-state index contributed by atoms with van der Waals surface area (Å²) in [5.41, 5.74) is 1.07. The molecule has 0 saturated heterocycles. The molecule has 3 nitrogen and oxygen atoms in total. The molecular formula is C13H9ClFNO2. The summed E-state index contributed by atoms with van der Waals surface area (Å²) in [4.78, 5) is 14.5. The minimum Gasteiger partial charge on any atom is -0.436 e. The van der Waals surface area contributed by atoms with Gasteiger partial charge in [-0.2, -0.15) is 0 Å². The summed E-state index contributed by atoms with van der Waals surface area (Å²) >= 11 is 5.65. The molecule has 0 saturated carbocycles. The summed E-state index contributed by atoms with van der Waals surface area (Å²) < 4.78 is 19.0. The Balaban J connectivity index is 2.34. The fraction of sp³-hybridized carbons (Fsp3) is 0.0769. The maximum atomic E-state index is 13.6. The summed E-state index contributed by atoms with van der Waals surface area (Å²) in [5.74, 6) is -0.404. The standard InChI is InChI=1S/C13H9ClFNO2/c1-8-5-9(7-17)6-16-13(8)18-11-4-2-3-10(14)12(11)15/h2-7H,1H3. The zero-order valence-electron chi connectivity index (χ0n) is 9.48. The number of halogens is 2. The number of hydrogen-bond acceptors (Lipinski definition) is 3. The van der Waals surface area contributed by atoms with Crippen LogP contribution in [0.1, 0.15) is 15.9 Å². The van der Waals surface area contributed by atoms with Crippen LogP contribution in [0.25, 0.3) is 0 Å². The molecule has 5 heteroatoms. The van der Waals surface area contributed by atoms with Gasteiger partial charge in [-0.1, -0.05) is 17.7 Å². The maximum Gasteiger partial charge on any atom is 0.222 e. The predicted molar refractivity (Wildman–Crippen MR) is 65.8 cm³/mol. The van der Waals surface area contributed by atoms with Crippen LogP contribution in [0.15, 0.2) is 30.5 Å². The van der Waals surface area contributed by atoms with Gasteiger partial charge in [0.15, 0.2) is 17.9 Å². The van der Waals surface area contributed by atoms with Crippen LogP contribution < -0.4 is 4.74 Å². The van der Waals surface area contributed by atoms with Crippen LogP contribution in [-0.4, -0.2) is 11.3 Å². The number of ether oxygens (including phenoxy) is 1. The molecule has 0 N–H and O–H groups in total. The van der Waals surface area contributed by atoms with Gasteiger partial charge < -0.3 is 4.74 Å². The van der Waals surface area contributed by atoms with Gasteiger partial charge in [-0.3, -0.25) is 4.79 Å². The number of pyridine rings is 1. The fourth-order valence-corrected chi connectivity index (χ4v) is 1.59. The van der Waals surface area contributed by atoms with Crippen LogP contribution in [0.2, 0.25) is 5.02 Å². The van der Waals surface area contributed by atoms with E-state index in [1.165, 1.54) is 18.3 Å². The maximum absolute atomic E-state index is 13.6. The van der Waals surface area contributed by atoms with Crippen molar-refractivity contribution in [3.05, 3.63) is 52.4 Å². The van der Waals surface area contributed by atoms with E-state index in [0.29, 0.717) is 17.4 Å². The SMILES string of the molecule is Cc1cc(C=O)cnc1Oc1cccc(Cl)c1F. The number of aromatic nitrogens is 1. The molecule has 0 bridgehead atoms. The second kappa shape index (κ2) is 5.14. The third-order valence-electron chi connectivity index (χ3n) is 2.31. The summed E-state index contributed by atoms with van der Waals surface area (Å²) in [6, 6.07) is 6.07. The Labute approximate surface area is 108 Å². The highest BCUT2D eigenvalue weighted by Gasteiger charge is 2.10. The monoisotopic (exact) mass is 265 g/mol. The molecule has 0 aliphatic heterocycles. The quantitative estimate of drug-likeness (QED) is 0.793. The topological polar surface area (TPSA) is 39.2 Å². The third-order valence-corrected chi connectivity index (χ3v) is 2.60. The fourth-order valence-electron chi connectivity index (χ4n) is 1.42. The molecule has 0 atom stereocenters. The van der Waals surface area contributed by atoms with Gasteiger partial charge >= 0.3 is 0 Å². The number of nitrogens with zero attached hydrogens (tertiary/aromatic N) is 1. The number of aryl methyl sites for hydroxylation is 1. The number of hydrogen-bond donors (Lipinski definition) is 0. The molecule has 1 aromatic carbocycles. The van der Waals surface area contributed by atoms with Crippen LogP contribution in [0.3, 0.4) is 0 Å². The Hall–Kier alpha value is -1.94. The first-order valence-corrected chi connectivity index (χ1v) is 5.53. The smallest absolute Gasteiger partial charge is 0.222 e. The van der Waals surface area contributed by atoms with Gasteiger partial charge in [-0.15, -0.1) is 0 Å². The van der Waals surface area contributed by atoms with E-state index in [0.717, 1.165) is 0 Å². The first-order valence-electron chi connectivity index (χ1n) is 5.15.